The van der Waals surface area contributed by atoms with E-state index in [0.717, 1.165) is 3.57 Å². The molecule has 15 heavy (non-hydrogen) atoms. The van der Waals surface area contributed by atoms with Crippen molar-refractivity contribution in [2.75, 3.05) is 0 Å². The number of ether oxygens (including phenoxy) is 1. The molecule has 0 aromatic heterocycles. The van der Waals surface area contributed by atoms with Crippen molar-refractivity contribution in [2.45, 2.75) is 20.0 Å². The Hall–Kier alpha value is -0.720. The topological polar surface area (TPSA) is 26.3 Å². The number of benzene rings is 1. The normalized spacial score (nSPS) is 10.5. The van der Waals surface area contributed by atoms with Gasteiger partial charge in [0.2, 0.25) is 0 Å². The second-order valence-electron chi connectivity index (χ2n) is 3.01. The van der Waals surface area contributed by atoms with Gasteiger partial charge in [0.1, 0.15) is 11.5 Å². The Balaban J connectivity index is 2.97. The van der Waals surface area contributed by atoms with Crippen molar-refractivity contribution in [2.24, 2.45) is 0 Å². The van der Waals surface area contributed by atoms with E-state index in [-0.39, 0.29) is 18.0 Å². The fraction of sp³-hybridized carbons (Fsp3) is 0.300. The van der Waals surface area contributed by atoms with Crippen LogP contribution in [0.15, 0.2) is 18.2 Å². The van der Waals surface area contributed by atoms with Crippen molar-refractivity contribution in [1.82, 2.24) is 0 Å². The van der Waals surface area contributed by atoms with Crippen LogP contribution in [0, 0.1) is 3.57 Å². The second kappa shape index (κ2) is 5.39. The number of halogens is 3. The lowest BCUT2D eigenvalue weighted by Gasteiger charge is -2.09. The predicted octanol–water partition coefficient (Wildman–Crippen LogP) is 3.02. The summed E-state index contributed by atoms with van der Waals surface area (Å²) in [7, 11) is 0. The Kier molecular flexibility index (Phi) is 4.44. The van der Waals surface area contributed by atoms with Crippen LogP contribution >= 0.6 is 22.6 Å². The minimum atomic E-state index is -2.87. The number of hydrogen-bond donors (Lipinski definition) is 0. The van der Waals surface area contributed by atoms with Crippen LogP contribution in [0.3, 0.4) is 0 Å². The van der Waals surface area contributed by atoms with Gasteiger partial charge in [-0.15, -0.1) is 0 Å². The van der Waals surface area contributed by atoms with Crippen molar-refractivity contribution in [3.63, 3.8) is 0 Å². The molecule has 5 heteroatoms. The monoisotopic (exact) mass is 326 g/mol. The molecule has 0 N–H and O–H groups in total. The van der Waals surface area contributed by atoms with E-state index in [0.29, 0.717) is 5.56 Å². The molecule has 82 valence electrons. The Morgan fingerprint density at radius 2 is 2.20 bits per heavy atom. The first kappa shape index (κ1) is 12.4. The van der Waals surface area contributed by atoms with Crippen LogP contribution < -0.4 is 4.74 Å². The molecule has 0 bridgehead atoms. The molecule has 0 unspecified atom stereocenters. The number of alkyl halides is 2. The van der Waals surface area contributed by atoms with Crippen LogP contribution in [0.4, 0.5) is 8.78 Å². The van der Waals surface area contributed by atoms with E-state index in [1.807, 2.05) is 22.6 Å². The van der Waals surface area contributed by atoms with Crippen LogP contribution in [0.25, 0.3) is 0 Å². The molecule has 0 saturated carbocycles. The number of hydrogen-bond acceptors (Lipinski definition) is 2. The largest absolute Gasteiger partial charge is 0.434 e. The molecule has 2 nitrogen and oxygen atoms in total. The smallest absolute Gasteiger partial charge is 0.387 e. The minimum Gasteiger partial charge on any atom is -0.434 e. The molecule has 0 aliphatic heterocycles. The van der Waals surface area contributed by atoms with Gasteiger partial charge in [0, 0.05) is 15.6 Å². The number of ketones is 1. The molecule has 0 atom stereocenters. The van der Waals surface area contributed by atoms with E-state index in [2.05, 4.69) is 4.74 Å². The molecule has 1 rings (SSSR count). The summed E-state index contributed by atoms with van der Waals surface area (Å²) in [5.41, 5.74) is 0.489. The lowest BCUT2D eigenvalue weighted by Crippen LogP contribution is -2.06. The van der Waals surface area contributed by atoms with Gasteiger partial charge in [0.05, 0.1) is 0 Å². The zero-order valence-corrected chi connectivity index (χ0v) is 10.1. The van der Waals surface area contributed by atoms with Crippen LogP contribution in [-0.2, 0) is 11.2 Å². The molecule has 1 aromatic rings. The molecular weight excluding hydrogens is 317 g/mol. The number of rotatable bonds is 4. The van der Waals surface area contributed by atoms with Crippen LogP contribution in [-0.4, -0.2) is 12.4 Å². The first-order valence-corrected chi connectivity index (χ1v) is 5.29. The summed E-state index contributed by atoms with van der Waals surface area (Å²) >= 11 is 1.99. The van der Waals surface area contributed by atoms with Gasteiger partial charge in [-0.1, -0.05) is 6.07 Å². The molecule has 1 aromatic carbocycles. The van der Waals surface area contributed by atoms with E-state index in [9.17, 15) is 13.6 Å². The zero-order valence-electron chi connectivity index (χ0n) is 7.97. The van der Waals surface area contributed by atoms with Crippen molar-refractivity contribution >= 4 is 28.4 Å². The van der Waals surface area contributed by atoms with E-state index in [1.165, 1.54) is 13.0 Å². The maximum atomic E-state index is 12.1. The van der Waals surface area contributed by atoms with Crippen LogP contribution in [0.2, 0.25) is 0 Å². The first-order valence-electron chi connectivity index (χ1n) is 4.21. The summed E-state index contributed by atoms with van der Waals surface area (Å²) in [6, 6.07) is 4.86. The Morgan fingerprint density at radius 3 is 2.73 bits per heavy atom. The van der Waals surface area contributed by atoms with E-state index in [4.69, 9.17) is 0 Å². The summed E-state index contributed by atoms with van der Waals surface area (Å²) in [5.74, 6) is -0.0116. The van der Waals surface area contributed by atoms with Crippen LogP contribution in [0.1, 0.15) is 12.5 Å². The molecule has 0 amide bonds. The van der Waals surface area contributed by atoms with Gasteiger partial charge in [-0.3, -0.25) is 4.79 Å². The molecular formula is C10H9F2IO2. The average molecular weight is 326 g/mol. The van der Waals surface area contributed by atoms with Gasteiger partial charge in [-0.25, -0.2) is 0 Å². The SMILES string of the molecule is CC(=O)Cc1ccc(I)cc1OC(F)F. The van der Waals surface area contributed by atoms with E-state index < -0.39 is 6.61 Å². The molecule has 0 fully saturated rings. The summed E-state index contributed by atoms with van der Waals surface area (Å²) in [6.45, 7) is -1.46. The lowest BCUT2D eigenvalue weighted by molar-refractivity contribution is -0.116. The van der Waals surface area contributed by atoms with Gasteiger partial charge in [0.15, 0.2) is 0 Å². The third-order valence-corrected chi connectivity index (χ3v) is 2.36. The van der Waals surface area contributed by atoms with Gasteiger partial charge in [0.25, 0.3) is 0 Å². The second-order valence-corrected chi connectivity index (χ2v) is 4.25. The van der Waals surface area contributed by atoms with E-state index >= 15 is 0 Å². The van der Waals surface area contributed by atoms with Crippen LogP contribution in [0.5, 0.6) is 5.75 Å². The van der Waals surface area contributed by atoms with Gasteiger partial charge >= 0.3 is 6.61 Å². The summed E-state index contributed by atoms with van der Waals surface area (Å²) in [5, 5.41) is 0. The van der Waals surface area contributed by atoms with Crippen molar-refractivity contribution in [1.29, 1.82) is 0 Å². The predicted molar refractivity (Wildman–Crippen MR) is 60.2 cm³/mol. The Morgan fingerprint density at radius 1 is 1.53 bits per heavy atom. The van der Waals surface area contributed by atoms with E-state index in [1.54, 1.807) is 12.1 Å². The third-order valence-electron chi connectivity index (χ3n) is 1.68. The number of Topliss-reactive ketones (excluding diaryl/α,β-unsaturated/α-hetero) is 1. The quantitative estimate of drug-likeness (QED) is 0.795. The Bertz CT molecular complexity index is 366. The van der Waals surface area contributed by atoms with Crippen molar-refractivity contribution in [3.8, 4) is 5.75 Å². The van der Waals surface area contributed by atoms with Gasteiger partial charge in [-0.2, -0.15) is 8.78 Å². The summed E-state index contributed by atoms with van der Waals surface area (Å²) in [6.07, 6.45) is 0.110. The molecule has 0 aliphatic rings. The molecule has 0 heterocycles. The summed E-state index contributed by atoms with van der Waals surface area (Å²) in [4.78, 5) is 10.9. The highest BCUT2D eigenvalue weighted by Crippen LogP contribution is 2.24. The number of carbonyl (C=O) groups is 1. The summed E-state index contributed by atoms with van der Waals surface area (Å²) < 4.78 is 29.2. The van der Waals surface area contributed by atoms with Crippen molar-refractivity contribution < 1.29 is 18.3 Å². The fourth-order valence-corrected chi connectivity index (χ4v) is 1.61. The van der Waals surface area contributed by atoms with Crippen molar-refractivity contribution in [3.05, 3.63) is 27.3 Å². The molecule has 0 radical (unpaired) electrons. The Labute approximate surface area is 99.8 Å². The maximum Gasteiger partial charge on any atom is 0.387 e. The highest BCUT2D eigenvalue weighted by atomic mass is 127. The minimum absolute atomic E-state index is 0.0760. The van der Waals surface area contributed by atoms with Gasteiger partial charge in [-0.05, 0) is 41.6 Å². The standard InChI is InChI=1S/C10H9F2IO2/c1-6(14)4-7-2-3-8(13)5-9(7)15-10(11)12/h2-3,5,10H,4H2,1H3. The van der Waals surface area contributed by atoms with Gasteiger partial charge < -0.3 is 4.74 Å². The highest BCUT2D eigenvalue weighted by molar-refractivity contribution is 14.1. The maximum absolute atomic E-state index is 12.1. The average Bonchev–Trinajstić information content (AvgIpc) is 2.08. The third kappa shape index (κ3) is 4.11. The first-order chi connectivity index (χ1) is 6.99. The number of carbonyl (C=O) groups excluding carboxylic acids is 1. The lowest BCUT2D eigenvalue weighted by atomic mass is 10.1. The fourth-order valence-electron chi connectivity index (χ4n) is 1.15. The highest BCUT2D eigenvalue weighted by Gasteiger charge is 2.11. The molecule has 0 spiro atoms. The molecule has 0 saturated heterocycles. The molecule has 0 aliphatic carbocycles. The zero-order chi connectivity index (χ0) is 11.4.